The van der Waals surface area contributed by atoms with E-state index in [0.717, 1.165) is 18.4 Å². The van der Waals surface area contributed by atoms with Crippen molar-refractivity contribution in [2.75, 3.05) is 0 Å². The maximum atomic E-state index is 11.1. The highest BCUT2D eigenvalue weighted by molar-refractivity contribution is 6.33. The quantitative estimate of drug-likeness (QED) is 0.767. The van der Waals surface area contributed by atoms with Gasteiger partial charge in [-0.1, -0.05) is 29.8 Å². The van der Waals surface area contributed by atoms with Crippen LogP contribution in [-0.4, -0.2) is 5.91 Å². The zero-order valence-corrected chi connectivity index (χ0v) is 9.00. The van der Waals surface area contributed by atoms with Gasteiger partial charge in [-0.15, -0.1) is 0 Å². The second kappa shape index (κ2) is 4.07. The van der Waals surface area contributed by atoms with E-state index in [0.29, 0.717) is 16.5 Å². The Morgan fingerprint density at radius 2 is 2.27 bits per heavy atom. The fraction of sp³-hybridized carbons (Fsp3) is 0.250. The lowest BCUT2D eigenvalue weighted by Gasteiger charge is -2.09. The van der Waals surface area contributed by atoms with Crippen LogP contribution in [0.25, 0.3) is 0 Å². The van der Waals surface area contributed by atoms with Crippen molar-refractivity contribution in [3.63, 3.8) is 0 Å². The van der Waals surface area contributed by atoms with Gasteiger partial charge in [0.1, 0.15) is 0 Å². The van der Waals surface area contributed by atoms with E-state index in [1.54, 1.807) is 12.1 Å². The molecule has 15 heavy (non-hydrogen) atoms. The third-order valence-corrected chi connectivity index (χ3v) is 3.03. The lowest BCUT2D eigenvalue weighted by molar-refractivity contribution is 0.100. The Morgan fingerprint density at radius 1 is 1.47 bits per heavy atom. The molecule has 2 rings (SSSR count). The Morgan fingerprint density at radius 3 is 2.87 bits per heavy atom. The Balaban J connectivity index is 2.37. The van der Waals surface area contributed by atoms with Crippen molar-refractivity contribution in [1.29, 1.82) is 0 Å². The van der Waals surface area contributed by atoms with Crippen molar-refractivity contribution in [2.45, 2.75) is 18.8 Å². The zero-order chi connectivity index (χ0) is 10.8. The summed E-state index contributed by atoms with van der Waals surface area (Å²) in [4.78, 5) is 11.1. The topological polar surface area (TPSA) is 43.1 Å². The molecular weight excluding hydrogens is 210 g/mol. The van der Waals surface area contributed by atoms with E-state index in [9.17, 15) is 4.79 Å². The summed E-state index contributed by atoms with van der Waals surface area (Å²) >= 11 is 5.88. The van der Waals surface area contributed by atoms with E-state index in [4.69, 9.17) is 17.3 Å². The molecule has 0 fully saturated rings. The van der Waals surface area contributed by atoms with Crippen LogP contribution in [0.1, 0.15) is 34.7 Å². The second-order valence-electron chi connectivity index (χ2n) is 3.72. The normalized spacial score (nSPS) is 19.4. The summed E-state index contributed by atoms with van der Waals surface area (Å²) in [5, 5.41) is 0.424. The Labute approximate surface area is 93.7 Å². The molecule has 3 heteroatoms. The Hall–Kier alpha value is -1.28. The van der Waals surface area contributed by atoms with Gasteiger partial charge in [0.25, 0.3) is 0 Å². The molecule has 0 radical (unpaired) electrons. The third-order valence-electron chi connectivity index (χ3n) is 2.70. The number of allylic oxidation sites excluding steroid dienone is 2. The van der Waals surface area contributed by atoms with Crippen LogP contribution in [-0.2, 0) is 0 Å². The molecule has 0 aromatic heterocycles. The highest BCUT2D eigenvalue weighted by Gasteiger charge is 2.14. The molecule has 1 aliphatic rings. The molecule has 0 heterocycles. The van der Waals surface area contributed by atoms with Crippen LogP contribution in [0.15, 0.2) is 30.4 Å². The molecule has 0 saturated heterocycles. The summed E-state index contributed by atoms with van der Waals surface area (Å²) < 4.78 is 0. The number of hydrogen-bond donors (Lipinski definition) is 1. The Bertz CT molecular complexity index is 426. The lowest BCUT2D eigenvalue weighted by Crippen LogP contribution is -2.12. The minimum Gasteiger partial charge on any atom is -0.366 e. The van der Waals surface area contributed by atoms with Gasteiger partial charge >= 0.3 is 0 Å². The third kappa shape index (κ3) is 2.05. The van der Waals surface area contributed by atoms with E-state index >= 15 is 0 Å². The number of hydrogen-bond acceptors (Lipinski definition) is 1. The number of nitrogens with two attached hydrogens (primary N) is 1. The highest BCUT2D eigenvalue weighted by Crippen LogP contribution is 2.30. The monoisotopic (exact) mass is 221 g/mol. The molecule has 1 atom stereocenters. The molecule has 1 aliphatic carbocycles. The van der Waals surface area contributed by atoms with E-state index in [-0.39, 0.29) is 0 Å². The van der Waals surface area contributed by atoms with Crippen LogP contribution in [0, 0.1) is 0 Å². The summed E-state index contributed by atoms with van der Waals surface area (Å²) in [6.07, 6.45) is 6.51. The van der Waals surface area contributed by atoms with E-state index in [2.05, 4.69) is 12.2 Å². The fourth-order valence-corrected chi connectivity index (χ4v) is 2.08. The summed E-state index contributed by atoms with van der Waals surface area (Å²) in [5.41, 5.74) is 6.77. The van der Waals surface area contributed by atoms with Gasteiger partial charge in [-0.3, -0.25) is 4.79 Å². The van der Waals surface area contributed by atoms with Crippen molar-refractivity contribution < 1.29 is 4.79 Å². The predicted octanol–water partition coefficient (Wildman–Crippen LogP) is 2.87. The van der Waals surface area contributed by atoms with Crippen LogP contribution in [0.5, 0.6) is 0 Å². The van der Waals surface area contributed by atoms with Crippen LogP contribution >= 0.6 is 11.6 Å². The molecule has 2 nitrogen and oxygen atoms in total. The minimum absolute atomic E-state index is 0.403. The summed E-state index contributed by atoms with van der Waals surface area (Å²) in [5.74, 6) is -0.0656. The first-order chi connectivity index (χ1) is 7.18. The van der Waals surface area contributed by atoms with Gasteiger partial charge in [-0.25, -0.2) is 0 Å². The predicted molar refractivity (Wildman–Crippen MR) is 61.1 cm³/mol. The van der Waals surface area contributed by atoms with Gasteiger partial charge in [-0.2, -0.15) is 0 Å². The smallest absolute Gasteiger partial charge is 0.250 e. The van der Waals surface area contributed by atoms with E-state index in [1.165, 1.54) is 0 Å². The van der Waals surface area contributed by atoms with Gasteiger partial charge in [0, 0.05) is 5.92 Å². The van der Waals surface area contributed by atoms with Crippen molar-refractivity contribution in [1.82, 2.24) is 0 Å². The summed E-state index contributed by atoms with van der Waals surface area (Å²) in [7, 11) is 0. The van der Waals surface area contributed by atoms with Crippen LogP contribution < -0.4 is 5.73 Å². The molecule has 2 N–H and O–H groups in total. The number of halogens is 1. The van der Waals surface area contributed by atoms with Crippen LogP contribution in [0.4, 0.5) is 0 Å². The first kappa shape index (κ1) is 10.2. The molecule has 0 bridgehead atoms. The number of benzene rings is 1. The number of carbonyl (C=O) groups is 1. The first-order valence-electron chi connectivity index (χ1n) is 4.94. The van der Waals surface area contributed by atoms with E-state index < -0.39 is 5.91 Å². The number of carbonyl (C=O) groups excluding carboxylic acids is 1. The average Bonchev–Trinajstić information content (AvgIpc) is 2.71. The molecule has 1 aromatic rings. The molecule has 0 aliphatic heterocycles. The van der Waals surface area contributed by atoms with Gasteiger partial charge in [-0.05, 0) is 30.5 Å². The van der Waals surface area contributed by atoms with Gasteiger partial charge in [0.15, 0.2) is 0 Å². The van der Waals surface area contributed by atoms with Crippen LogP contribution in [0.3, 0.4) is 0 Å². The number of amides is 1. The molecule has 1 aromatic carbocycles. The lowest BCUT2D eigenvalue weighted by atomic mass is 9.97. The maximum absolute atomic E-state index is 11.1. The summed E-state index contributed by atoms with van der Waals surface area (Å²) in [6, 6.07) is 5.49. The molecule has 0 spiro atoms. The minimum atomic E-state index is -0.469. The maximum Gasteiger partial charge on any atom is 0.250 e. The molecule has 1 amide bonds. The van der Waals surface area contributed by atoms with Crippen molar-refractivity contribution >= 4 is 17.5 Å². The number of rotatable bonds is 2. The van der Waals surface area contributed by atoms with Gasteiger partial charge in [0.05, 0.1) is 10.6 Å². The van der Waals surface area contributed by atoms with Crippen molar-refractivity contribution in [3.8, 4) is 0 Å². The SMILES string of the molecule is NC(=O)c1cc(C2C=CCC2)ccc1Cl. The average molecular weight is 222 g/mol. The second-order valence-corrected chi connectivity index (χ2v) is 4.12. The van der Waals surface area contributed by atoms with Crippen molar-refractivity contribution in [2.24, 2.45) is 5.73 Å². The highest BCUT2D eigenvalue weighted by atomic mass is 35.5. The zero-order valence-electron chi connectivity index (χ0n) is 8.24. The molecule has 1 unspecified atom stereocenters. The molecular formula is C12H12ClNO. The van der Waals surface area contributed by atoms with Gasteiger partial charge in [0.2, 0.25) is 5.91 Å². The number of primary amides is 1. The van der Waals surface area contributed by atoms with E-state index in [1.807, 2.05) is 6.07 Å². The first-order valence-corrected chi connectivity index (χ1v) is 5.32. The van der Waals surface area contributed by atoms with Crippen molar-refractivity contribution in [3.05, 3.63) is 46.5 Å². The molecule has 78 valence electrons. The largest absolute Gasteiger partial charge is 0.366 e. The Kier molecular flexibility index (Phi) is 2.78. The standard InChI is InChI=1S/C12H12ClNO/c13-11-6-5-9(7-10(11)12(14)15)8-3-1-2-4-8/h1,3,5-8H,2,4H2,(H2,14,15). The van der Waals surface area contributed by atoms with Gasteiger partial charge < -0.3 is 5.73 Å². The molecule has 0 saturated carbocycles. The fourth-order valence-electron chi connectivity index (χ4n) is 1.87. The summed E-state index contributed by atoms with van der Waals surface area (Å²) in [6.45, 7) is 0. The van der Waals surface area contributed by atoms with Crippen LogP contribution in [0.2, 0.25) is 5.02 Å².